The van der Waals surface area contributed by atoms with Crippen LogP contribution in [-0.2, 0) is 4.79 Å². The van der Waals surface area contributed by atoms with Crippen molar-refractivity contribution in [2.75, 3.05) is 13.6 Å². The molecule has 0 atom stereocenters. The fraction of sp³-hybridized carbons (Fsp3) is 0.857. The van der Waals surface area contributed by atoms with Crippen LogP contribution in [-0.4, -0.2) is 35.6 Å². The zero-order valence-electron chi connectivity index (χ0n) is 6.62. The highest BCUT2D eigenvalue weighted by Crippen LogP contribution is 2.22. The van der Waals surface area contributed by atoms with E-state index in [0.717, 1.165) is 0 Å². The van der Waals surface area contributed by atoms with Gasteiger partial charge in [-0.05, 0) is 19.9 Å². The Kier molecular flexibility index (Phi) is 4.45. The van der Waals surface area contributed by atoms with E-state index in [-0.39, 0.29) is 19.0 Å². The molecular formula is C7H14ClNO2. The highest BCUT2D eigenvalue weighted by molar-refractivity contribution is 5.85. The molecule has 0 aromatic carbocycles. The van der Waals surface area contributed by atoms with Crippen LogP contribution in [0.25, 0.3) is 0 Å². The van der Waals surface area contributed by atoms with Gasteiger partial charge in [-0.25, -0.2) is 0 Å². The molecule has 1 saturated carbocycles. The molecule has 0 unspecified atom stereocenters. The fourth-order valence-electron chi connectivity index (χ4n) is 1.17. The predicted octanol–water partition coefficient (Wildman–Crippen LogP) is 0.977. The maximum Gasteiger partial charge on any atom is 0.317 e. The van der Waals surface area contributed by atoms with Gasteiger partial charge in [0.1, 0.15) is 0 Å². The third kappa shape index (κ3) is 3.08. The summed E-state index contributed by atoms with van der Waals surface area (Å²) in [5.41, 5.74) is 0. The molecule has 3 nitrogen and oxygen atoms in total. The quantitative estimate of drug-likeness (QED) is 0.702. The minimum atomic E-state index is -0.727. The van der Waals surface area contributed by atoms with Crippen LogP contribution in [0.3, 0.4) is 0 Å². The van der Waals surface area contributed by atoms with Crippen molar-refractivity contribution in [2.45, 2.75) is 25.3 Å². The van der Waals surface area contributed by atoms with Crippen molar-refractivity contribution in [3.8, 4) is 0 Å². The van der Waals surface area contributed by atoms with Crippen LogP contribution in [0, 0.1) is 0 Å². The summed E-state index contributed by atoms with van der Waals surface area (Å²) in [4.78, 5) is 12.1. The van der Waals surface area contributed by atoms with E-state index < -0.39 is 5.97 Å². The van der Waals surface area contributed by atoms with E-state index in [0.29, 0.717) is 6.04 Å². The summed E-state index contributed by atoms with van der Waals surface area (Å²) >= 11 is 0. The van der Waals surface area contributed by atoms with E-state index in [1.807, 2.05) is 11.9 Å². The standard InChI is InChI=1S/C7H13NO2.ClH/c1-8(5-7(9)10)6-3-2-4-6;/h6H,2-5H2,1H3,(H,9,10);1H. The molecule has 1 aliphatic carbocycles. The fourth-order valence-corrected chi connectivity index (χ4v) is 1.17. The Hall–Kier alpha value is -0.280. The molecule has 66 valence electrons. The second-order valence-electron chi connectivity index (χ2n) is 2.89. The van der Waals surface area contributed by atoms with E-state index >= 15 is 0 Å². The van der Waals surface area contributed by atoms with E-state index in [4.69, 9.17) is 5.11 Å². The second kappa shape index (κ2) is 4.57. The van der Waals surface area contributed by atoms with E-state index in [2.05, 4.69) is 0 Å². The van der Waals surface area contributed by atoms with Gasteiger partial charge in [0.15, 0.2) is 0 Å². The Morgan fingerprint density at radius 3 is 2.45 bits per heavy atom. The molecule has 0 amide bonds. The van der Waals surface area contributed by atoms with E-state index in [9.17, 15) is 4.79 Å². The number of halogens is 1. The van der Waals surface area contributed by atoms with Gasteiger partial charge >= 0.3 is 5.97 Å². The van der Waals surface area contributed by atoms with E-state index in [1.54, 1.807) is 0 Å². The summed E-state index contributed by atoms with van der Waals surface area (Å²) in [6.07, 6.45) is 3.60. The van der Waals surface area contributed by atoms with Crippen molar-refractivity contribution in [3.05, 3.63) is 0 Å². The molecule has 1 rings (SSSR count). The lowest BCUT2D eigenvalue weighted by atomic mass is 9.92. The average molecular weight is 180 g/mol. The van der Waals surface area contributed by atoms with E-state index in [1.165, 1.54) is 19.3 Å². The van der Waals surface area contributed by atoms with Gasteiger partial charge in [0.2, 0.25) is 0 Å². The second-order valence-corrected chi connectivity index (χ2v) is 2.89. The number of likely N-dealkylation sites (N-methyl/N-ethyl adjacent to an activating group) is 1. The molecule has 1 N–H and O–H groups in total. The number of aliphatic carboxylic acids is 1. The number of carboxylic acids is 1. The summed E-state index contributed by atoms with van der Waals surface area (Å²) in [5, 5.41) is 8.41. The molecule has 0 radical (unpaired) electrons. The summed E-state index contributed by atoms with van der Waals surface area (Å²) in [6.45, 7) is 0.185. The summed E-state index contributed by atoms with van der Waals surface area (Å²) in [7, 11) is 1.87. The number of hydrogen-bond acceptors (Lipinski definition) is 2. The minimum Gasteiger partial charge on any atom is -0.480 e. The minimum absolute atomic E-state index is 0. The Bertz CT molecular complexity index is 136. The molecule has 0 heterocycles. The Balaban J connectivity index is 0.000001000. The van der Waals surface area contributed by atoms with Gasteiger partial charge in [0.05, 0.1) is 6.54 Å². The zero-order valence-corrected chi connectivity index (χ0v) is 7.43. The Labute approximate surface area is 72.8 Å². The summed E-state index contributed by atoms with van der Waals surface area (Å²) in [5.74, 6) is -0.727. The third-order valence-corrected chi connectivity index (χ3v) is 2.08. The highest BCUT2D eigenvalue weighted by atomic mass is 35.5. The summed E-state index contributed by atoms with van der Waals surface area (Å²) < 4.78 is 0. The maximum absolute atomic E-state index is 10.2. The number of rotatable bonds is 3. The van der Waals surface area contributed by atoms with Crippen LogP contribution in [0.1, 0.15) is 19.3 Å². The lowest BCUT2D eigenvalue weighted by Crippen LogP contribution is -2.40. The molecule has 0 spiro atoms. The average Bonchev–Trinajstić information content (AvgIpc) is 1.55. The SMILES string of the molecule is CN(CC(=O)O)C1CCC1.Cl. The van der Waals surface area contributed by atoms with Gasteiger partial charge in [-0.1, -0.05) is 6.42 Å². The van der Waals surface area contributed by atoms with Gasteiger partial charge in [0, 0.05) is 6.04 Å². The van der Waals surface area contributed by atoms with Crippen LogP contribution in [0.4, 0.5) is 0 Å². The van der Waals surface area contributed by atoms with Gasteiger partial charge in [-0.15, -0.1) is 12.4 Å². The summed E-state index contributed by atoms with van der Waals surface area (Å²) in [6, 6.07) is 0.538. The molecule has 1 fully saturated rings. The molecule has 0 saturated heterocycles. The number of carbonyl (C=O) groups is 1. The molecule has 0 bridgehead atoms. The third-order valence-electron chi connectivity index (χ3n) is 2.08. The molecule has 0 aliphatic heterocycles. The van der Waals surface area contributed by atoms with Gasteiger partial charge < -0.3 is 5.11 Å². The first-order valence-electron chi connectivity index (χ1n) is 3.62. The molecule has 11 heavy (non-hydrogen) atoms. The lowest BCUT2D eigenvalue weighted by Gasteiger charge is -2.33. The first-order valence-corrected chi connectivity index (χ1v) is 3.62. The van der Waals surface area contributed by atoms with Crippen molar-refractivity contribution < 1.29 is 9.90 Å². The van der Waals surface area contributed by atoms with Crippen LogP contribution in [0.2, 0.25) is 0 Å². The number of hydrogen-bond donors (Lipinski definition) is 1. The predicted molar refractivity (Wildman–Crippen MR) is 45.2 cm³/mol. The Morgan fingerprint density at radius 1 is 1.64 bits per heavy atom. The first-order chi connectivity index (χ1) is 4.70. The van der Waals surface area contributed by atoms with Gasteiger partial charge in [-0.3, -0.25) is 9.69 Å². The zero-order chi connectivity index (χ0) is 7.56. The normalized spacial score (nSPS) is 17.3. The van der Waals surface area contributed by atoms with Gasteiger partial charge in [0.25, 0.3) is 0 Å². The van der Waals surface area contributed by atoms with Crippen molar-refractivity contribution >= 4 is 18.4 Å². The monoisotopic (exact) mass is 179 g/mol. The van der Waals surface area contributed by atoms with Crippen LogP contribution in [0.15, 0.2) is 0 Å². The van der Waals surface area contributed by atoms with Crippen LogP contribution >= 0.6 is 12.4 Å². The molecular weight excluding hydrogens is 166 g/mol. The first kappa shape index (κ1) is 10.7. The molecule has 1 aliphatic rings. The highest BCUT2D eigenvalue weighted by Gasteiger charge is 2.22. The van der Waals surface area contributed by atoms with Crippen LogP contribution in [0.5, 0.6) is 0 Å². The van der Waals surface area contributed by atoms with Crippen molar-refractivity contribution in [1.82, 2.24) is 4.90 Å². The molecule has 0 aromatic rings. The van der Waals surface area contributed by atoms with Crippen molar-refractivity contribution in [2.24, 2.45) is 0 Å². The van der Waals surface area contributed by atoms with Crippen LogP contribution < -0.4 is 0 Å². The topological polar surface area (TPSA) is 40.5 Å². The lowest BCUT2D eigenvalue weighted by molar-refractivity contribution is -0.138. The Morgan fingerprint density at radius 2 is 2.18 bits per heavy atom. The largest absolute Gasteiger partial charge is 0.480 e. The number of carboxylic acid groups (broad SMARTS) is 1. The smallest absolute Gasteiger partial charge is 0.317 e. The molecule has 0 aromatic heterocycles. The number of nitrogens with zero attached hydrogens (tertiary/aromatic N) is 1. The molecule has 4 heteroatoms. The maximum atomic E-state index is 10.2. The van der Waals surface area contributed by atoms with Gasteiger partial charge in [-0.2, -0.15) is 0 Å². The van der Waals surface area contributed by atoms with Crippen molar-refractivity contribution in [1.29, 1.82) is 0 Å². The van der Waals surface area contributed by atoms with Crippen molar-refractivity contribution in [3.63, 3.8) is 0 Å².